The molecular formula is C4H8BN. The molecule has 0 aliphatic heterocycles. The summed E-state index contributed by atoms with van der Waals surface area (Å²) in [5.41, 5.74) is 0. The fourth-order valence-electron chi connectivity index (χ4n) is 0.256. The Labute approximate surface area is 39.4 Å². The molecule has 0 N–H and O–H groups in total. The van der Waals surface area contributed by atoms with Gasteiger partial charge in [0.05, 0.1) is 6.07 Å². The van der Waals surface area contributed by atoms with Crippen molar-refractivity contribution >= 4 is 7.85 Å². The number of nitriles is 1. The van der Waals surface area contributed by atoms with Crippen LogP contribution in [0, 0.1) is 11.3 Å². The van der Waals surface area contributed by atoms with Crippen LogP contribution in [0.2, 0.25) is 6.32 Å². The van der Waals surface area contributed by atoms with Crippen LogP contribution in [0.15, 0.2) is 0 Å². The molecule has 0 saturated carbocycles. The second-order valence-corrected chi connectivity index (χ2v) is 1.26. The minimum atomic E-state index is 0.719. The molecule has 6 heavy (non-hydrogen) atoms. The van der Waals surface area contributed by atoms with Gasteiger partial charge in [0.25, 0.3) is 0 Å². The van der Waals surface area contributed by atoms with Gasteiger partial charge in [0.2, 0.25) is 0 Å². The molecule has 0 heterocycles. The topological polar surface area (TPSA) is 23.8 Å². The second kappa shape index (κ2) is 4.55. The largest absolute Gasteiger partial charge is 0.198 e. The maximum absolute atomic E-state index is 7.95. The number of hydrogen-bond acceptors (Lipinski definition) is 1. The van der Waals surface area contributed by atoms with Crippen LogP contribution in [0.1, 0.15) is 12.8 Å². The smallest absolute Gasteiger partial charge is 0.101 e. The Morgan fingerprint density at radius 1 is 1.67 bits per heavy atom. The van der Waals surface area contributed by atoms with Crippen LogP contribution in [0.25, 0.3) is 0 Å². The summed E-state index contributed by atoms with van der Waals surface area (Å²) in [6.07, 6.45) is 2.90. The lowest BCUT2D eigenvalue weighted by Crippen LogP contribution is -1.66. The predicted molar refractivity (Wildman–Crippen MR) is 28.2 cm³/mol. The van der Waals surface area contributed by atoms with Crippen LogP contribution in [0.3, 0.4) is 0 Å². The van der Waals surface area contributed by atoms with Gasteiger partial charge >= 0.3 is 0 Å². The third-order valence-electron chi connectivity index (χ3n) is 0.642. The van der Waals surface area contributed by atoms with Crippen LogP contribution in [-0.4, -0.2) is 7.85 Å². The molecule has 0 aromatic carbocycles. The quantitative estimate of drug-likeness (QED) is 0.347. The Balaban J connectivity index is 2.54. The summed E-state index contributed by atoms with van der Waals surface area (Å²) in [6.45, 7) is 0. The van der Waals surface area contributed by atoms with Crippen molar-refractivity contribution in [3.63, 3.8) is 0 Å². The molecule has 1 nitrogen and oxygen atoms in total. The van der Waals surface area contributed by atoms with Gasteiger partial charge in [-0.05, 0) is 6.42 Å². The lowest BCUT2D eigenvalue weighted by molar-refractivity contribution is 0.965. The van der Waals surface area contributed by atoms with Crippen LogP contribution < -0.4 is 0 Å². The monoisotopic (exact) mass is 81.1 g/mol. The highest BCUT2D eigenvalue weighted by Gasteiger charge is 1.74. The number of unbranched alkanes of at least 4 members (excludes halogenated alkanes) is 1. The highest BCUT2D eigenvalue weighted by atomic mass is 14.2. The summed E-state index contributed by atoms with van der Waals surface area (Å²) < 4.78 is 0. The molecule has 0 saturated heterocycles. The highest BCUT2D eigenvalue weighted by molar-refractivity contribution is 6.08. The second-order valence-electron chi connectivity index (χ2n) is 1.26. The van der Waals surface area contributed by atoms with Gasteiger partial charge in [-0.15, -0.1) is 0 Å². The molecule has 0 spiro atoms. The number of nitrogens with zero attached hydrogens (tertiary/aromatic N) is 1. The van der Waals surface area contributed by atoms with Crippen LogP contribution in [0.4, 0.5) is 0 Å². The minimum Gasteiger partial charge on any atom is -0.198 e. The van der Waals surface area contributed by atoms with E-state index in [1.165, 1.54) is 0 Å². The normalized spacial score (nSPS) is 7.17. The Morgan fingerprint density at radius 3 is 2.50 bits per heavy atom. The van der Waals surface area contributed by atoms with E-state index < -0.39 is 0 Å². The zero-order valence-electron chi connectivity index (χ0n) is 4.07. The molecule has 0 atom stereocenters. The third kappa shape index (κ3) is 3.55. The minimum absolute atomic E-state index is 0.719. The van der Waals surface area contributed by atoms with Crippen molar-refractivity contribution < 1.29 is 0 Å². The fourth-order valence-corrected chi connectivity index (χ4v) is 0.256. The van der Waals surface area contributed by atoms with Gasteiger partial charge in [0.15, 0.2) is 0 Å². The van der Waals surface area contributed by atoms with Crippen molar-refractivity contribution in [2.45, 2.75) is 19.2 Å². The van der Waals surface area contributed by atoms with Crippen molar-refractivity contribution in [3.8, 4) is 6.07 Å². The molecule has 0 aromatic heterocycles. The Kier molecular flexibility index (Phi) is 4.22. The van der Waals surface area contributed by atoms with Gasteiger partial charge < -0.3 is 0 Å². The van der Waals surface area contributed by atoms with E-state index in [0.29, 0.717) is 0 Å². The first-order valence-electron chi connectivity index (χ1n) is 2.28. The van der Waals surface area contributed by atoms with E-state index in [9.17, 15) is 0 Å². The Morgan fingerprint density at radius 2 is 2.33 bits per heavy atom. The van der Waals surface area contributed by atoms with Crippen LogP contribution in [0.5, 0.6) is 0 Å². The van der Waals surface area contributed by atoms with Gasteiger partial charge in [0.1, 0.15) is 7.85 Å². The lowest BCUT2D eigenvalue weighted by Gasteiger charge is -1.76. The van der Waals surface area contributed by atoms with E-state index in [2.05, 4.69) is 13.9 Å². The Bertz CT molecular complexity index is 55.1. The van der Waals surface area contributed by atoms with Crippen molar-refractivity contribution in [1.29, 1.82) is 5.26 Å². The van der Waals surface area contributed by atoms with Gasteiger partial charge in [-0.2, -0.15) is 5.26 Å². The first-order chi connectivity index (χ1) is 2.91. The van der Waals surface area contributed by atoms with Crippen molar-refractivity contribution in [1.82, 2.24) is 0 Å². The molecule has 0 amide bonds. The van der Waals surface area contributed by atoms with Gasteiger partial charge in [-0.3, -0.25) is 0 Å². The van der Waals surface area contributed by atoms with Crippen molar-refractivity contribution in [2.75, 3.05) is 0 Å². The number of rotatable bonds is 2. The van der Waals surface area contributed by atoms with E-state index in [4.69, 9.17) is 5.26 Å². The van der Waals surface area contributed by atoms with E-state index in [-0.39, 0.29) is 0 Å². The molecule has 0 aliphatic rings. The maximum atomic E-state index is 7.95. The molecule has 2 heteroatoms. The average Bonchev–Trinajstić information content (AvgIpc) is 1.61. The molecule has 0 radical (unpaired) electrons. The summed E-state index contributed by atoms with van der Waals surface area (Å²) in [4.78, 5) is 0. The fraction of sp³-hybridized carbons (Fsp3) is 0.750. The van der Waals surface area contributed by atoms with E-state index in [1.807, 2.05) is 0 Å². The van der Waals surface area contributed by atoms with E-state index in [1.54, 1.807) is 0 Å². The summed E-state index contributed by atoms with van der Waals surface area (Å²) in [5.74, 6) is 0. The van der Waals surface area contributed by atoms with E-state index in [0.717, 1.165) is 19.2 Å². The first kappa shape index (κ1) is 5.55. The first-order valence-corrected chi connectivity index (χ1v) is 2.28. The van der Waals surface area contributed by atoms with Crippen LogP contribution in [-0.2, 0) is 0 Å². The number of hydrogen-bond donors (Lipinski definition) is 0. The molecule has 0 bridgehead atoms. The maximum Gasteiger partial charge on any atom is 0.101 e. The summed E-state index contributed by atoms with van der Waals surface area (Å²) in [7, 11) is 2.08. The summed E-state index contributed by atoms with van der Waals surface area (Å²) >= 11 is 0. The molecule has 0 unspecified atom stereocenters. The molecular weight excluding hydrogens is 72.9 g/mol. The zero-order chi connectivity index (χ0) is 4.83. The molecule has 0 aliphatic carbocycles. The van der Waals surface area contributed by atoms with Gasteiger partial charge in [0, 0.05) is 6.42 Å². The summed E-state index contributed by atoms with van der Waals surface area (Å²) in [5, 5.41) is 7.95. The van der Waals surface area contributed by atoms with Crippen LogP contribution >= 0.6 is 0 Å². The van der Waals surface area contributed by atoms with Crippen molar-refractivity contribution in [2.24, 2.45) is 0 Å². The van der Waals surface area contributed by atoms with Gasteiger partial charge in [-0.1, -0.05) is 6.32 Å². The molecule has 0 rings (SSSR count). The highest BCUT2D eigenvalue weighted by Crippen LogP contribution is 1.87. The zero-order valence-corrected chi connectivity index (χ0v) is 4.07. The van der Waals surface area contributed by atoms with E-state index >= 15 is 0 Å². The predicted octanol–water partition coefficient (Wildman–Crippen LogP) is 0.342. The standard InChI is InChI=1S/C4H8BN/c5-3-1-2-4-6/h1-3,5H2. The SMILES string of the molecule is BCCCC#N. The average molecular weight is 80.9 g/mol. The van der Waals surface area contributed by atoms with Crippen molar-refractivity contribution in [3.05, 3.63) is 0 Å². The Hall–Kier alpha value is -0.445. The molecule has 0 fully saturated rings. The van der Waals surface area contributed by atoms with Gasteiger partial charge in [-0.25, -0.2) is 0 Å². The summed E-state index contributed by atoms with van der Waals surface area (Å²) in [6, 6.07) is 2.07. The lowest BCUT2D eigenvalue weighted by atomic mass is 10.0. The molecule has 0 aromatic rings. The molecule has 32 valence electrons. The third-order valence-corrected chi connectivity index (χ3v) is 0.642.